The fraction of sp³-hybridized carbons (Fsp3) is 0.368. The van der Waals surface area contributed by atoms with Crippen LogP contribution in [0.25, 0.3) is 0 Å². The van der Waals surface area contributed by atoms with Gasteiger partial charge >= 0.3 is 0 Å². The maximum atomic E-state index is 13.5. The Morgan fingerprint density at radius 3 is 2.55 bits per heavy atom. The van der Waals surface area contributed by atoms with Crippen LogP contribution in [0.15, 0.2) is 23.2 Å². The zero-order valence-corrected chi connectivity index (χ0v) is 18.0. The second-order valence-electron chi connectivity index (χ2n) is 7.75. The lowest BCUT2D eigenvalue weighted by Crippen LogP contribution is -2.43. The SMILES string of the molecule is Cn1cc2c(c1C(=O)Nc1cc(F)c(F)c(F)c1)OC[C@H]1CN(C(=O)CO)C[C@H]1NS2(=O)=O. The number of hydrogen-bond donors (Lipinski definition) is 3. The molecule has 178 valence electrons. The number of rotatable bonds is 3. The molecule has 3 heterocycles. The van der Waals surface area contributed by atoms with E-state index in [0.717, 1.165) is 6.20 Å². The van der Waals surface area contributed by atoms with Gasteiger partial charge in [-0.15, -0.1) is 0 Å². The molecule has 33 heavy (non-hydrogen) atoms. The number of aromatic nitrogens is 1. The van der Waals surface area contributed by atoms with Crippen LogP contribution in [0.2, 0.25) is 0 Å². The first-order chi connectivity index (χ1) is 15.5. The number of aryl methyl sites for hydroxylation is 1. The smallest absolute Gasteiger partial charge is 0.276 e. The Hall–Kier alpha value is -3.10. The minimum atomic E-state index is -4.18. The number of hydrogen-bond acceptors (Lipinski definition) is 6. The number of nitrogens with one attached hydrogen (secondary N) is 2. The van der Waals surface area contributed by atoms with Crippen LogP contribution in [0, 0.1) is 23.4 Å². The number of anilines is 1. The van der Waals surface area contributed by atoms with Gasteiger partial charge in [-0.2, -0.15) is 0 Å². The average Bonchev–Trinajstić information content (AvgIpc) is 3.29. The molecular weight excluding hydrogens is 469 g/mol. The van der Waals surface area contributed by atoms with E-state index in [4.69, 9.17) is 9.84 Å². The molecule has 1 aromatic heterocycles. The van der Waals surface area contributed by atoms with Crippen molar-refractivity contribution in [1.82, 2.24) is 14.2 Å². The lowest BCUT2D eigenvalue weighted by molar-refractivity contribution is -0.133. The highest BCUT2D eigenvalue weighted by molar-refractivity contribution is 7.89. The largest absolute Gasteiger partial charge is 0.489 e. The van der Waals surface area contributed by atoms with E-state index in [0.29, 0.717) is 12.1 Å². The van der Waals surface area contributed by atoms with E-state index in [-0.39, 0.29) is 41.7 Å². The van der Waals surface area contributed by atoms with Crippen LogP contribution in [-0.2, 0) is 21.9 Å². The van der Waals surface area contributed by atoms with Crippen molar-refractivity contribution in [3.8, 4) is 5.75 Å². The van der Waals surface area contributed by atoms with Gasteiger partial charge in [-0.25, -0.2) is 26.3 Å². The molecule has 2 amide bonds. The number of benzene rings is 1. The van der Waals surface area contributed by atoms with Crippen LogP contribution in [0.4, 0.5) is 18.9 Å². The van der Waals surface area contributed by atoms with Crippen LogP contribution in [0.3, 0.4) is 0 Å². The summed E-state index contributed by atoms with van der Waals surface area (Å²) in [6.45, 7) is -0.600. The fourth-order valence-corrected chi connectivity index (χ4v) is 5.41. The highest BCUT2D eigenvalue weighted by Crippen LogP contribution is 2.34. The molecule has 0 bridgehead atoms. The second kappa shape index (κ2) is 8.35. The van der Waals surface area contributed by atoms with Gasteiger partial charge in [0.15, 0.2) is 28.9 Å². The third-order valence-electron chi connectivity index (χ3n) is 5.53. The molecule has 0 radical (unpaired) electrons. The molecule has 1 saturated heterocycles. The molecule has 3 N–H and O–H groups in total. The summed E-state index contributed by atoms with van der Waals surface area (Å²) in [5, 5.41) is 11.3. The first-order valence-corrected chi connectivity index (χ1v) is 11.2. The van der Waals surface area contributed by atoms with Crippen molar-refractivity contribution in [3.63, 3.8) is 0 Å². The fourth-order valence-electron chi connectivity index (χ4n) is 3.92. The van der Waals surface area contributed by atoms with Crippen molar-refractivity contribution in [2.75, 3.05) is 31.6 Å². The summed E-state index contributed by atoms with van der Waals surface area (Å²) < 4.78 is 75.5. The Labute approximate surface area is 186 Å². The number of carbonyl (C=O) groups is 2. The molecule has 10 nitrogen and oxygen atoms in total. The van der Waals surface area contributed by atoms with Gasteiger partial charge in [-0.3, -0.25) is 9.59 Å². The Kier molecular flexibility index (Phi) is 5.84. The zero-order valence-electron chi connectivity index (χ0n) is 17.1. The first kappa shape index (κ1) is 23.1. The molecule has 2 aliphatic heterocycles. The first-order valence-electron chi connectivity index (χ1n) is 9.70. The van der Waals surface area contributed by atoms with Crippen LogP contribution in [-0.4, -0.2) is 67.2 Å². The van der Waals surface area contributed by atoms with E-state index in [2.05, 4.69) is 10.0 Å². The summed E-state index contributed by atoms with van der Waals surface area (Å²) in [6, 6.07) is 0.497. The Morgan fingerprint density at radius 2 is 1.91 bits per heavy atom. The summed E-state index contributed by atoms with van der Waals surface area (Å²) >= 11 is 0. The van der Waals surface area contributed by atoms with Gasteiger partial charge in [0.05, 0.1) is 6.61 Å². The van der Waals surface area contributed by atoms with Gasteiger partial charge in [0.2, 0.25) is 15.9 Å². The Morgan fingerprint density at radius 1 is 1.24 bits per heavy atom. The molecule has 14 heteroatoms. The molecule has 2 aliphatic rings. The van der Waals surface area contributed by atoms with E-state index in [1.807, 2.05) is 0 Å². The molecule has 0 spiro atoms. The van der Waals surface area contributed by atoms with Crippen molar-refractivity contribution in [1.29, 1.82) is 0 Å². The van der Waals surface area contributed by atoms with Crippen molar-refractivity contribution < 1.29 is 41.0 Å². The number of halogens is 3. The molecule has 0 saturated carbocycles. The van der Waals surface area contributed by atoms with Crippen molar-refractivity contribution in [2.45, 2.75) is 10.9 Å². The van der Waals surface area contributed by atoms with Gasteiger partial charge in [-0.1, -0.05) is 0 Å². The Balaban J connectivity index is 1.66. The second-order valence-corrected chi connectivity index (χ2v) is 9.43. The maximum Gasteiger partial charge on any atom is 0.276 e. The number of nitrogens with zero attached hydrogens (tertiary/aromatic N) is 2. The van der Waals surface area contributed by atoms with Crippen LogP contribution in [0.1, 0.15) is 10.5 Å². The van der Waals surface area contributed by atoms with Gasteiger partial charge in [0.25, 0.3) is 5.91 Å². The lowest BCUT2D eigenvalue weighted by atomic mass is 10.1. The molecular formula is C19H19F3N4O6S. The van der Waals surface area contributed by atoms with E-state index >= 15 is 0 Å². The maximum absolute atomic E-state index is 13.5. The third kappa shape index (κ3) is 4.16. The van der Waals surface area contributed by atoms with Gasteiger partial charge < -0.3 is 24.6 Å². The number of aliphatic hydroxyl groups is 1. The van der Waals surface area contributed by atoms with Crippen molar-refractivity contribution >= 4 is 27.5 Å². The zero-order chi connectivity index (χ0) is 24.1. The average molecular weight is 488 g/mol. The number of aliphatic hydroxyl groups excluding tert-OH is 1. The van der Waals surface area contributed by atoms with Gasteiger partial charge in [0.1, 0.15) is 11.5 Å². The van der Waals surface area contributed by atoms with Crippen molar-refractivity contribution in [3.05, 3.63) is 41.5 Å². The summed E-state index contributed by atoms with van der Waals surface area (Å²) in [5.74, 6) is -6.96. The molecule has 2 aromatic rings. The highest BCUT2D eigenvalue weighted by Gasteiger charge is 2.42. The van der Waals surface area contributed by atoms with E-state index in [1.54, 1.807) is 0 Å². The molecule has 2 atom stereocenters. The molecule has 1 aromatic carbocycles. The van der Waals surface area contributed by atoms with E-state index in [1.165, 1.54) is 16.5 Å². The number of amides is 2. The van der Waals surface area contributed by atoms with Gasteiger partial charge in [-0.05, 0) is 0 Å². The summed E-state index contributed by atoms with van der Waals surface area (Å²) in [4.78, 5) is 25.6. The van der Waals surface area contributed by atoms with Crippen LogP contribution in [0.5, 0.6) is 5.75 Å². The minimum Gasteiger partial charge on any atom is -0.489 e. The number of likely N-dealkylation sites (tertiary alicyclic amines) is 1. The predicted molar refractivity (Wildman–Crippen MR) is 106 cm³/mol. The minimum absolute atomic E-state index is 0.0455. The molecule has 1 fully saturated rings. The normalized spacial score (nSPS) is 21.4. The number of fused-ring (bicyclic) bond motifs is 2. The predicted octanol–water partition coefficient (Wildman–Crippen LogP) is 0.185. The summed E-state index contributed by atoms with van der Waals surface area (Å²) in [5.41, 5.74) is -0.632. The molecule has 0 aliphatic carbocycles. The summed E-state index contributed by atoms with van der Waals surface area (Å²) in [6.07, 6.45) is 1.14. The molecule has 0 unspecified atom stereocenters. The molecule has 4 rings (SSSR count). The van der Waals surface area contributed by atoms with Crippen molar-refractivity contribution in [2.24, 2.45) is 13.0 Å². The number of ether oxygens (including phenoxy) is 1. The van der Waals surface area contributed by atoms with Gasteiger partial charge in [0, 0.05) is 56.1 Å². The summed E-state index contributed by atoms with van der Waals surface area (Å²) in [7, 11) is -2.80. The Bertz CT molecular complexity index is 1230. The monoisotopic (exact) mass is 488 g/mol. The third-order valence-corrected chi connectivity index (χ3v) is 7.01. The number of carbonyl (C=O) groups excluding carboxylic acids is 2. The van der Waals surface area contributed by atoms with Crippen LogP contribution < -0.4 is 14.8 Å². The highest BCUT2D eigenvalue weighted by atomic mass is 32.2. The van der Waals surface area contributed by atoms with E-state index in [9.17, 15) is 31.2 Å². The van der Waals surface area contributed by atoms with E-state index < -0.39 is 57.9 Å². The topological polar surface area (TPSA) is 130 Å². The van der Waals surface area contributed by atoms with Crippen LogP contribution >= 0.6 is 0 Å². The lowest BCUT2D eigenvalue weighted by Gasteiger charge is -2.23. The number of sulfonamides is 1. The standard InChI is InChI=1S/C19H19F3N4O6S/c1-25-6-14-18(17(25)19(29)23-10-2-11(20)16(22)12(21)3-10)32-8-9-4-26(15(28)7-27)5-13(9)24-33(14,30)31/h2-3,6,9,13,24,27H,4-5,7-8H2,1H3,(H,23,29)/t9-,13-/m1/s1. The quantitative estimate of drug-likeness (QED) is 0.529.